The highest BCUT2D eigenvalue weighted by atomic mass is 16.1. The van der Waals surface area contributed by atoms with Crippen LogP contribution in [0.15, 0.2) is 30.5 Å². The Morgan fingerprint density at radius 2 is 2.33 bits per heavy atom. The largest absolute Gasteiger partial charge is 0.385 e. The maximum absolute atomic E-state index is 11.2. The van der Waals surface area contributed by atoms with Gasteiger partial charge in [-0.25, -0.2) is 4.68 Å². The van der Waals surface area contributed by atoms with E-state index in [0.717, 1.165) is 11.3 Å². The predicted molar refractivity (Wildman–Crippen MR) is 69.6 cm³/mol. The molecule has 5 heteroatoms. The van der Waals surface area contributed by atoms with Crippen molar-refractivity contribution in [1.29, 1.82) is 0 Å². The van der Waals surface area contributed by atoms with E-state index in [-0.39, 0.29) is 5.69 Å². The number of primary amides is 1. The average Bonchev–Trinajstić information content (AvgIpc) is 2.83. The molecule has 0 spiro atoms. The van der Waals surface area contributed by atoms with Crippen LogP contribution in [0.25, 0.3) is 5.69 Å². The third-order valence-electron chi connectivity index (χ3n) is 2.49. The van der Waals surface area contributed by atoms with E-state index >= 15 is 0 Å². The number of benzene rings is 1. The quantitative estimate of drug-likeness (QED) is 0.786. The molecule has 0 fully saturated rings. The number of aromatic nitrogens is 2. The fourth-order valence-electron chi connectivity index (χ4n) is 1.61. The molecule has 0 aliphatic rings. The first kappa shape index (κ1) is 11.7. The van der Waals surface area contributed by atoms with Gasteiger partial charge in [0.1, 0.15) is 0 Å². The molecule has 5 nitrogen and oxygen atoms in total. The highest BCUT2D eigenvalue weighted by Gasteiger charge is 2.13. The van der Waals surface area contributed by atoms with Gasteiger partial charge in [-0.1, -0.05) is 12.0 Å². The Bertz CT molecular complexity index is 637. The van der Waals surface area contributed by atoms with Gasteiger partial charge in [0.25, 0.3) is 5.91 Å². The molecule has 90 valence electrons. The van der Waals surface area contributed by atoms with Crippen molar-refractivity contribution < 1.29 is 4.79 Å². The molecule has 0 unspecified atom stereocenters. The lowest BCUT2D eigenvalue weighted by Crippen LogP contribution is -2.14. The van der Waals surface area contributed by atoms with E-state index in [2.05, 4.69) is 16.3 Å². The van der Waals surface area contributed by atoms with Crippen molar-refractivity contribution in [1.82, 2.24) is 9.78 Å². The number of terminal acetylenes is 1. The topological polar surface area (TPSA) is 72.9 Å². The fourth-order valence-corrected chi connectivity index (χ4v) is 1.61. The summed E-state index contributed by atoms with van der Waals surface area (Å²) in [4.78, 5) is 11.2. The number of nitrogens with one attached hydrogen (secondary N) is 1. The Hall–Kier alpha value is -2.74. The molecule has 2 rings (SSSR count). The number of nitrogens with zero attached hydrogens (tertiary/aromatic N) is 2. The van der Waals surface area contributed by atoms with Crippen LogP contribution in [0.4, 0.5) is 5.69 Å². The highest BCUT2D eigenvalue weighted by Crippen LogP contribution is 2.17. The van der Waals surface area contributed by atoms with Crippen molar-refractivity contribution in [2.45, 2.75) is 0 Å². The minimum absolute atomic E-state index is 0.198. The van der Waals surface area contributed by atoms with Crippen LogP contribution < -0.4 is 11.1 Å². The van der Waals surface area contributed by atoms with Gasteiger partial charge in [0.05, 0.1) is 17.6 Å². The molecular weight excluding hydrogens is 228 g/mol. The Morgan fingerprint density at radius 1 is 1.56 bits per heavy atom. The summed E-state index contributed by atoms with van der Waals surface area (Å²) in [6.07, 6.45) is 7.03. The summed E-state index contributed by atoms with van der Waals surface area (Å²) >= 11 is 0. The number of carbonyl (C=O) groups excluding carboxylic acids is 1. The molecule has 0 aliphatic heterocycles. The standard InChI is InChI=1S/C13H12N4O/c1-3-9-5-4-6-10(7-9)17-8-11(15-2)12(16-17)13(14)18/h1,4-8,15H,2H3,(H2,14,18). The highest BCUT2D eigenvalue weighted by molar-refractivity contribution is 5.96. The number of hydrogen-bond acceptors (Lipinski definition) is 3. The van der Waals surface area contributed by atoms with Gasteiger partial charge in [0, 0.05) is 12.6 Å². The summed E-state index contributed by atoms with van der Waals surface area (Å²) in [5, 5.41) is 7.01. The molecule has 0 radical (unpaired) electrons. The van der Waals surface area contributed by atoms with E-state index in [1.54, 1.807) is 24.0 Å². The van der Waals surface area contributed by atoms with Gasteiger partial charge in [-0.05, 0) is 18.2 Å². The molecule has 0 saturated heterocycles. The summed E-state index contributed by atoms with van der Waals surface area (Å²) in [5.41, 5.74) is 7.54. The molecule has 1 aromatic heterocycles. The lowest BCUT2D eigenvalue weighted by Gasteiger charge is -2.01. The van der Waals surface area contributed by atoms with Gasteiger partial charge in [0.15, 0.2) is 5.69 Å². The monoisotopic (exact) mass is 240 g/mol. The molecule has 0 saturated carbocycles. The number of anilines is 1. The maximum atomic E-state index is 11.2. The summed E-state index contributed by atoms with van der Waals surface area (Å²) in [7, 11) is 1.70. The first-order chi connectivity index (χ1) is 8.65. The smallest absolute Gasteiger partial charge is 0.271 e. The van der Waals surface area contributed by atoms with Crippen molar-refractivity contribution in [3.8, 4) is 18.0 Å². The van der Waals surface area contributed by atoms with Crippen molar-refractivity contribution in [2.24, 2.45) is 5.73 Å². The van der Waals surface area contributed by atoms with Crippen molar-refractivity contribution >= 4 is 11.6 Å². The van der Waals surface area contributed by atoms with Gasteiger partial charge in [-0.15, -0.1) is 6.42 Å². The summed E-state index contributed by atoms with van der Waals surface area (Å²) in [5.74, 6) is 1.97. The molecular formula is C13H12N4O. The number of amides is 1. The van der Waals surface area contributed by atoms with Crippen LogP contribution in [0.1, 0.15) is 16.1 Å². The summed E-state index contributed by atoms with van der Waals surface area (Å²) < 4.78 is 1.56. The first-order valence-corrected chi connectivity index (χ1v) is 5.30. The number of carbonyl (C=O) groups is 1. The Balaban J connectivity index is 2.51. The van der Waals surface area contributed by atoms with Gasteiger partial charge < -0.3 is 11.1 Å². The Kier molecular flexibility index (Phi) is 3.02. The van der Waals surface area contributed by atoms with Crippen LogP contribution in [0.3, 0.4) is 0 Å². The minimum atomic E-state index is -0.578. The zero-order valence-electron chi connectivity index (χ0n) is 9.84. The molecule has 3 N–H and O–H groups in total. The SMILES string of the molecule is C#Cc1cccc(-n2cc(NC)c(C(N)=O)n2)c1. The van der Waals surface area contributed by atoms with Crippen LogP contribution in [-0.2, 0) is 0 Å². The van der Waals surface area contributed by atoms with Crippen LogP contribution >= 0.6 is 0 Å². The molecule has 0 atom stereocenters. The van der Waals surface area contributed by atoms with Gasteiger partial charge >= 0.3 is 0 Å². The van der Waals surface area contributed by atoms with E-state index in [0.29, 0.717) is 5.69 Å². The molecule has 1 heterocycles. The normalized spacial score (nSPS) is 9.78. The Morgan fingerprint density at radius 3 is 2.89 bits per heavy atom. The van der Waals surface area contributed by atoms with E-state index in [1.807, 2.05) is 18.2 Å². The van der Waals surface area contributed by atoms with Gasteiger partial charge in [-0.2, -0.15) is 5.10 Å². The van der Waals surface area contributed by atoms with E-state index in [4.69, 9.17) is 12.2 Å². The lowest BCUT2D eigenvalue weighted by atomic mass is 10.2. The second-order valence-corrected chi connectivity index (χ2v) is 3.64. The van der Waals surface area contributed by atoms with Crippen LogP contribution in [-0.4, -0.2) is 22.7 Å². The zero-order valence-corrected chi connectivity index (χ0v) is 9.84. The number of nitrogens with two attached hydrogens (primary N) is 1. The zero-order chi connectivity index (χ0) is 13.1. The molecule has 18 heavy (non-hydrogen) atoms. The molecule has 1 amide bonds. The van der Waals surface area contributed by atoms with Gasteiger partial charge in [0.2, 0.25) is 0 Å². The fraction of sp³-hybridized carbons (Fsp3) is 0.0769. The third-order valence-corrected chi connectivity index (χ3v) is 2.49. The average molecular weight is 240 g/mol. The molecule has 0 aliphatic carbocycles. The summed E-state index contributed by atoms with van der Waals surface area (Å²) in [6, 6.07) is 7.30. The molecule has 0 bridgehead atoms. The predicted octanol–water partition coefficient (Wildman–Crippen LogP) is 0.994. The van der Waals surface area contributed by atoms with Gasteiger partial charge in [-0.3, -0.25) is 4.79 Å². The van der Waals surface area contributed by atoms with E-state index in [9.17, 15) is 4.79 Å². The Labute approximate surface area is 105 Å². The minimum Gasteiger partial charge on any atom is -0.385 e. The van der Waals surface area contributed by atoms with E-state index < -0.39 is 5.91 Å². The van der Waals surface area contributed by atoms with Crippen LogP contribution in [0.5, 0.6) is 0 Å². The lowest BCUT2D eigenvalue weighted by molar-refractivity contribution is 0.0996. The molecule has 1 aromatic carbocycles. The number of rotatable bonds is 3. The van der Waals surface area contributed by atoms with Crippen LogP contribution in [0.2, 0.25) is 0 Å². The van der Waals surface area contributed by atoms with E-state index in [1.165, 1.54) is 0 Å². The second kappa shape index (κ2) is 4.63. The number of hydrogen-bond donors (Lipinski definition) is 2. The van der Waals surface area contributed by atoms with Crippen molar-refractivity contribution in [3.05, 3.63) is 41.7 Å². The summed E-state index contributed by atoms with van der Waals surface area (Å²) in [6.45, 7) is 0. The molecule has 2 aromatic rings. The van der Waals surface area contributed by atoms with Crippen molar-refractivity contribution in [3.63, 3.8) is 0 Å². The third kappa shape index (κ3) is 2.04. The van der Waals surface area contributed by atoms with Crippen LogP contribution in [0, 0.1) is 12.3 Å². The first-order valence-electron chi connectivity index (χ1n) is 5.30. The van der Waals surface area contributed by atoms with Crippen molar-refractivity contribution in [2.75, 3.05) is 12.4 Å². The second-order valence-electron chi connectivity index (χ2n) is 3.64. The maximum Gasteiger partial charge on any atom is 0.271 e.